The first-order valence-corrected chi connectivity index (χ1v) is 19.8. The molecule has 17 nitrogen and oxygen atoms in total. The number of ether oxygens (including phenoxy) is 2. The van der Waals surface area contributed by atoms with Gasteiger partial charge in [-0.25, -0.2) is 9.37 Å². The van der Waals surface area contributed by atoms with Gasteiger partial charge in [-0.15, -0.1) is 0 Å². The van der Waals surface area contributed by atoms with Crippen molar-refractivity contribution in [3.05, 3.63) is 69.4 Å². The van der Waals surface area contributed by atoms with E-state index in [0.29, 0.717) is 52.7 Å². The number of piperazine rings is 1. The van der Waals surface area contributed by atoms with E-state index in [9.17, 15) is 24.0 Å². The summed E-state index contributed by atoms with van der Waals surface area (Å²) in [6, 6.07) is 9.14. The fraction of sp³-hybridized carbons (Fsp3) is 0.425. The van der Waals surface area contributed by atoms with Crippen LogP contribution in [0.4, 0.5) is 27.5 Å². The lowest BCUT2D eigenvalue weighted by Gasteiger charge is -2.39. The molecule has 5 heterocycles. The molecule has 3 aliphatic heterocycles. The number of nitrogens with zero attached hydrogens (tertiary/aromatic N) is 6. The van der Waals surface area contributed by atoms with E-state index in [4.69, 9.17) is 26.1 Å². The normalized spacial score (nSPS) is 17.7. The van der Waals surface area contributed by atoms with Crippen molar-refractivity contribution in [2.24, 2.45) is 13.0 Å². The highest BCUT2D eigenvalue weighted by Crippen LogP contribution is 2.33. The molecule has 312 valence electrons. The summed E-state index contributed by atoms with van der Waals surface area (Å²) in [5.74, 6) is -1.32. The Kier molecular flexibility index (Phi) is 12.5. The van der Waals surface area contributed by atoms with Gasteiger partial charge in [-0.3, -0.25) is 34.2 Å². The highest BCUT2D eigenvalue weighted by molar-refractivity contribution is 6.33. The van der Waals surface area contributed by atoms with Gasteiger partial charge in [-0.1, -0.05) is 11.6 Å². The van der Waals surface area contributed by atoms with E-state index in [1.807, 2.05) is 18.2 Å². The van der Waals surface area contributed by atoms with Crippen molar-refractivity contribution in [3.8, 4) is 11.5 Å². The molecule has 0 aliphatic carbocycles. The van der Waals surface area contributed by atoms with Crippen molar-refractivity contribution < 1.29 is 33.0 Å². The molecule has 0 radical (unpaired) electrons. The number of hydrogen-bond acceptors (Lipinski definition) is 13. The summed E-state index contributed by atoms with van der Waals surface area (Å²) in [6.45, 7) is 5.19. The minimum atomic E-state index is -0.934. The number of piperidine rings is 2. The largest absolute Gasteiger partial charge is 0.496 e. The number of aryl methyl sites for hydroxylation is 1. The van der Waals surface area contributed by atoms with Gasteiger partial charge < -0.3 is 39.8 Å². The molecule has 0 spiro atoms. The lowest BCUT2D eigenvalue weighted by atomic mass is 9.95. The van der Waals surface area contributed by atoms with Crippen LogP contribution in [0.1, 0.15) is 36.0 Å². The van der Waals surface area contributed by atoms with E-state index in [1.54, 1.807) is 25.4 Å². The fourth-order valence-electron chi connectivity index (χ4n) is 7.65. The maximum atomic E-state index is 15.5. The second-order valence-electron chi connectivity index (χ2n) is 14.8. The first kappa shape index (κ1) is 41.2. The SMILES string of the molecule is CNC(=O)COc1cc2cc(Nc3nc(N4CCN(CC5CCN(c6cc(F)c(C(=O)NC7CCC(=O)NC7=O)c(OC)c6)CC5)CC4)ncc3Cl)ccc2n(C)c1=O. The Hall–Kier alpha value is -6.01. The molecule has 4 aromatic rings. The van der Waals surface area contributed by atoms with E-state index in [0.717, 1.165) is 51.0 Å². The van der Waals surface area contributed by atoms with Crippen LogP contribution in [0.25, 0.3) is 10.9 Å². The number of likely N-dealkylation sites (N-methyl/N-ethyl adjacent to an activating group) is 1. The number of anilines is 4. The number of methoxy groups -OCH3 is 1. The highest BCUT2D eigenvalue weighted by atomic mass is 35.5. The monoisotopic (exact) mass is 832 g/mol. The minimum absolute atomic E-state index is 0.0619. The summed E-state index contributed by atoms with van der Waals surface area (Å²) < 4.78 is 27.8. The fourth-order valence-corrected chi connectivity index (χ4v) is 7.79. The summed E-state index contributed by atoms with van der Waals surface area (Å²) >= 11 is 6.54. The Labute approximate surface area is 344 Å². The number of carbonyl (C=O) groups excluding carboxylic acids is 4. The molecule has 4 N–H and O–H groups in total. The van der Waals surface area contributed by atoms with Crippen LogP contribution in [0.5, 0.6) is 11.5 Å². The third-order valence-electron chi connectivity index (χ3n) is 11.0. The molecule has 3 aliphatic rings. The summed E-state index contributed by atoms with van der Waals surface area (Å²) in [7, 11) is 4.51. The number of halogens is 2. The zero-order chi connectivity index (χ0) is 41.8. The molecule has 1 unspecified atom stereocenters. The van der Waals surface area contributed by atoms with Gasteiger partial charge in [0.15, 0.2) is 18.2 Å². The molecule has 0 saturated carbocycles. The summed E-state index contributed by atoms with van der Waals surface area (Å²) in [5, 5.41) is 11.5. The smallest absolute Gasteiger partial charge is 0.293 e. The Morgan fingerprint density at radius 1 is 0.983 bits per heavy atom. The number of aromatic nitrogens is 3. The van der Waals surface area contributed by atoms with Crippen LogP contribution in [0.2, 0.25) is 5.02 Å². The van der Waals surface area contributed by atoms with Crippen LogP contribution < -0.4 is 46.1 Å². The standard InChI is InChI=1S/C40H46ClFN10O7/c1-43-34(54)22-59-32-17-24-16-25(4-6-30(24)49(2)39(32)57)45-36-27(41)20-44-40(48-36)52-14-12-50(13-15-52)21-23-8-10-51(11-9-23)26-18-28(42)35(31(19-26)58-3)38(56)46-29-5-7-33(53)47-37(29)55/h4,6,16-20,23,29H,5,7-15,21-22H2,1-3H3,(H,43,54)(H,46,56)(H,44,45,48)(H,47,53,55). The van der Waals surface area contributed by atoms with Crippen LogP contribution in [0.3, 0.4) is 0 Å². The van der Waals surface area contributed by atoms with Crippen molar-refractivity contribution in [2.45, 2.75) is 31.7 Å². The number of carbonyl (C=O) groups is 4. The quantitative estimate of drug-likeness (QED) is 0.153. The van der Waals surface area contributed by atoms with Crippen LogP contribution in [0.15, 0.2) is 47.4 Å². The molecular formula is C40H46ClFN10O7. The summed E-state index contributed by atoms with van der Waals surface area (Å²) in [5.41, 5.74) is 1.35. The van der Waals surface area contributed by atoms with Gasteiger partial charge in [-0.2, -0.15) is 4.98 Å². The van der Waals surface area contributed by atoms with E-state index in [-0.39, 0.29) is 48.0 Å². The molecule has 59 heavy (non-hydrogen) atoms. The predicted octanol–water partition coefficient (Wildman–Crippen LogP) is 2.57. The predicted molar refractivity (Wildman–Crippen MR) is 219 cm³/mol. The van der Waals surface area contributed by atoms with Crippen LogP contribution in [0, 0.1) is 11.7 Å². The number of amides is 4. The molecule has 2 aromatic heterocycles. The van der Waals surface area contributed by atoms with Crippen molar-refractivity contribution in [3.63, 3.8) is 0 Å². The van der Waals surface area contributed by atoms with Gasteiger partial charge >= 0.3 is 0 Å². The summed E-state index contributed by atoms with van der Waals surface area (Å²) in [6.07, 6.45) is 3.62. The molecular weight excluding hydrogens is 787 g/mol. The van der Waals surface area contributed by atoms with Gasteiger partial charge in [0.25, 0.3) is 17.4 Å². The molecule has 0 bridgehead atoms. The van der Waals surface area contributed by atoms with Crippen molar-refractivity contribution in [1.82, 2.24) is 35.4 Å². The Balaban J connectivity index is 0.916. The average molecular weight is 833 g/mol. The second-order valence-corrected chi connectivity index (χ2v) is 15.2. The average Bonchev–Trinajstić information content (AvgIpc) is 3.23. The van der Waals surface area contributed by atoms with Gasteiger partial charge in [0.2, 0.25) is 17.8 Å². The number of rotatable bonds is 12. The number of hydrogen-bond donors (Lipinski definition) is 4. The van der Waals surface area contributed by atoms with Gasteiger partial charge in [-0.05, 0) is 55.5 Å². The molecule has 3 fully saturated rings. The Morgan fingerprint density at radius 3 is 2.46 bits per heavy atom. The number of benzene rings is 2. The Morgan fingerprint density at radius 2 is 1.75 bits per heavy atom. The van der Waals surface area contributed by atoms with Crippen molar-refractivity contribution in [1.29, 1.82) is 0 Å². The topological polar surface area (TPSA) is 192 Å². The van der Waals surface area contributed by atoms with Crippen LogP contribution in [-0.4, -0.2) is 116 Å². The Bertz CT molecular complexity index is 2330. The minimum Gasteiger partial charge on any atom is -0.496 e. The molecule has 3 saturated heterocycles. The molecule has 19 heteroatoms. The van der Waals surface area contributed by atoms with E-state index in [1.165, 1.54) is 24.8 Å². The zero-order valence-corrected chi connectivity index (χ0v) is 33.7. The lowest BCUT2D eigenvalue weighted by Crippen LogP contribution is -2.52. The molecule has 7 rings (SSSR count). The first-order chi connectivity index (χ1) is 28.4. The second kappa shape index (κ2) is 17.9. The number of nitrogens with one attached hydrogen (secondary N) is 4. The first-order valence-electron chi connectivity index (χ1n) is 19.4. The number of fused-ring (bicyclic) bond motifs is 1. The third-order valence-corrected chi connectivity index (χ3v) is 11.3. The van der Waals surface area contributed by atoms with Gasteiger partial charge in [0, 0.05) is 89.2 Å². The lowest BCUT2D eigenvalue weighted by molar-refractivity contribution is -0.134. The van der Waals surface area contributed by atoms with Crippen LogP contribution >= 0.6 is 11.6 Å². The number of imide groups is 1. The van der Waals surface area contributed by atoms with Gasteiger partial charge in [0.1, 0.15) is 28.2 Å². The van der Waals surface area contributed by atoms with Crippen LogP contribution in [-0.2, 0) is 21.4 Å². The highest BCUT2D eigenvalue weighted by Gasteiger charge is 2.31. The summed E-state index contributed by atoms with van der Waals surface area (Å²) in [4.78, 5) is 77.0. The molecule has 2 aromatic carbocycles. The maximum absolute atomic E-state index is 15.5. The van der Waals surface area contributed by atoms with Crippen molar-refractivity contribution in [2.75, 3.05) is 81.7 Å². The van der Waals surface area contributed by atoms with Crippen molar-refractivity contribution >= 4 is 69.3 Å². The van der Waals surface area contributed by atoms with E-state index in [2.05, 4.69) is 41.0 Å². The van der Waals surface area contributed by atoms with E-state index >= 15 is 4.39 Å². The number of pyridine rings is 1. The zero-order valence-electron chi connectivity index (χ0n) is 33.0. The third kappa shape index (κ3) is 9.33. The molecule has 4 amide bonds. The van der Waals surface area contributed by atoms with Gasteiger partial charge in [0.05, 0.1) is 18.8 Å². The van der Waals surface area contributed by atoms with E-state index < -0.39 is 29.6 Å². The maximum Gasteiger partial charge on any atom is 0.293 e. The molecule has 1 atom stereocenters.